The van der Waals surface area contributed by atoms with Crippen molar-refractivity contribution in [3.05, 3.63) is 23.6 Å². The first-order valence-corrected chi connectivity index (χ1v) is 3.88. The van der Waals surface area contributed by atoms with Gasteiger partial charge in [-0.25, -0.2) is 0 Å². The van der Waals surface area contributed by atoms with E-state index in [-0.39, 0.29) is 0 Å². The van der Waals surface area contributed by atoms with Crippen molar-refractivity contribution in [2.75, 3.05) is 6.26 Å². The highest BCUT2D eigenvalue weighted by molar-refractivity contribution is 8.17. The van der Waals surface area contributed by atoms with E-state index in [9.17, 15) is 0 Å². The molecule has 1 rings (SSSR count). The lowest BCUT2D eigenvalue weighted by Gasteiger charge is -1.91. The molecule has 1 aliphatic rings. The van der Waals surface area contributed by atoms with Gasteiger partial charge in [-0.15, -0.1) is 0 Å². The van der Waals surface area contributed by atoms with Gasteiger partial charge in [0.2, 0.25) is 0 Å². The van der Waals surface area contributed by atoms with Crippen LogP contribution in [-0.4, -0.2) is 11.6 Å². The molecule has 1 heterocycles. The third-order valence-electron chi connectivity index (χ3n) is 0.758. The fraction of sp³-hybridized carbons (Fsp3) is 0.167. The average molecular weight is 111 g/mol. The minimum Gasteiger partial charge on any atom is -0.165 e. The van der Waals surface area contributed by atoms with Crippen molar-refractivity contribution in [2.24, 2.45) is 0 Å². The zero-order chi connectivity index (χ0) is 5.11. The van der Waals surface area contributed by atoms with E-state index < -0.39 is 0 Å². The van der Waals surface area contributed by atoms with Crippen LogP contribution in [0.15, 0.2) is 17.6 Å². The van der Waals surface area contributed by atoms with Gasteiger partial charge >= 0.3 is 0 Å². The van der Waals surface area contributed by atoms with E-state index in [4.69, 9.17) is 0 Å². The molecule has 0 aromatic carbocycles. The van der Waals surface area contributed by atoms with Crippen LogP contribution in [-0.2, 0) is 0 Å². The minimum atomic E-state index is 0.386. The van der Waals surface area contributed by atoms with Gasteiger partial charge in [-0.2, -0.15) is 10.5 Å². The molecule has 0 aliphatic carbocycles. The van der Waals surface area contributed by atoms with Gasteiger partial charge in [-0.1, -0.05) is 0 Å². The molecule has 1 aliphatic heterocycles. The summed E-state index contributed by atoms with van der Waals surface area (Å²) < 4.78 is 0. The largest absolute Gasteiger partial charge is 0.165 e. The smallest absolute Gasteiger partial charge is 0.0174 e. The zero-order valence-electron chi connectivity index (χ0n) is 4.22. The topological polar surface area (TPSA) is 0 Å². The van der Waals surface area contributed by atoms with Crippen LogP contribution in [0.2, 0.25) is 0 Å². The Labute approximate surface area is 46.5 Å². The first-order chi connectivity index (χ1) is 3.39. The van der Waals surface area contributed by atoms with Gasteiger partial charge in [0.25, 0.3) is 0 Å². The van der Waals surface area contributed by atoms with Gasteiger partial charge in [0.05, 0.1) is 0 Å². The monoisotopic (exact) mass is 111 g/mol. The maximum absolute atomic E-state index is 2.96. The maximum Gasteiger partial charge on any atom is -0.0174 e. The van der Waals surface area contributed by atoms with Crippen molar-refractivity contribution >= 4 is 15.9 Å². The van der Waals surface area contributed by atoms with Crippen molar-refractivity contribution in [3.8, 4) is 0 Å². The van der Waals surface area contributed by atoms with Crippen LogP contribution in [0, 0.1) is 6.08 Å². The molecule has 1 heteroatoms. The molecule has 0 N–H and O–H groups in total. The summed E-state index contributed by atoms with van der Waals surface area (Å²) in [5, 5.41) is 4.28. The fourth-order valence-corrected chi connectivity index (χ4v) is 1.07. The molecule has 0 nitrogen and oxygen atoms in total. The van der Waals surface area contributed by atoms with E-state index >= 15 is 0 Å². The first kappa shape index (κ1) is 4.85. The summed E-state index contributed by atoms with van der Waals surface area (Å²) in [7, 11) is 0.386. The molecule has 1 radical (unpaired) electrons. The first-order valence-electron chi connectivity index (χ1n) is 2.12. The Morgan fingerprint density at radius 2 is 2.43 bits per heavy atom. The van der Waals surface area contributed by atoms with Crippen molar-refractivity contribution < 1.29 is 0 Å². The summed E-state index contributed by atoms with van der Waals surface area (Å²) in [5.74, 6) is 0. The Bertz CT molecular complexity index is 140. The standard InChI is InChI=1S/C6H7S/c1-7-5-3-2-4-6-7/h3-6H,1H3. The molecule has 0 spiro atoms. The van der Waals surface area contributed by atoms with Crippen molar-refractivity contribution in [2.45, 2.75) is 0 Å². The Balaban J connectivity index is 2.82. The molecular weight excluding hydrogens is 104 g/mol. The van der Waals surface area contributed by atoms with Crippen molar-refractivity contribution in [3.63, 3.8) is 0 Å². The molecule has 37 valence electrons. The average Bonchev–Trinajstić information content (AvgIpc) is 1.69. The highest BCUT2D eigenvalue weighted by Gasteiger charge is 1.77. The van der Waals surface area contributed by atoms with Gasteiger partial charge in [0, 0.05) is 0 Å². The summed E-state index contributed by atoms with van der Waals surface area (Å²) >= 11 is 0. The van der Waals surface area contributed by atoms with Crippen LogP contribution >= 0.6 is 10.5 Å². The van der Waals surface area contributed by atoms with Crippen LogP contribution in [0.25, 0.3) is 0 Å². The molecule has 0 fully saturated rings. The van der Waals surface area contributed by atoms with E-state index in [0.29, 0.717) is 10.5 Å². The Morgan fingerprint density at radius 1 is 1.57 bits per heavy atom. The van der Waals surface area contributed by atoms with E-state index in [2.05, 4.69) is 23.1 Å². The van der Waals surface area contributed by atoms with Gasteiger partial charge in [-0.05, 0) is 35.3 Å². The number of allylic oxidation sites excluding steroid dienone is 3. The molecule has 0 aromatic rings. The van der Waals surface area contributed by atoms with Crippen LogP contribution in [0.4, 0.5) is 0 Å². The Morgan fingerprint density at radius 3 is 2.71 bits per heavy atom. The molecule has 7 heavy (non-hydrogen) atoms. The number of rotatable bonds is 0. The Hall–Kier alpha value is -0.300. The second kappa shape index (κ2) is 2.12. The second-order valence-electron chi connectivity index (χ2n) is 1.38. The molecule has 0 amide bonds. The second-order valence-corrected chi connectivity index (χ2v) is 3.14. The quantitative estimate of drug-likeness (QED) is 0.416. The highest BCUT2D eigenvalue weighted by atomic mass is 32.2. The predicted octanol–water partition coefficient (Wildman–Crippen LogP) is 1.57. The van der Waals surface area contributed by atoms with Crippen LogP contribution in [0.3, 0.4) is 0 Å². The molecule has 1 unspecified atom stereocenters. The van der Waals surface area contributed by atoms with E-state index in [1.807, 2.05) is 12.2 Å². The van der Waals surface area contributed by atoms with E-state index in [0.717, 1.165) is 0 Å². The molecule has 0 bridgehead atoms. The third-order valence-corrected chi connectivity index (χ3v) is 1.89. The van der Waals surface area contributed by atoms with Gasteiger partial charge in [-0.3, -0.25) is 0 Å². The highest BCUT2D eigenvalue weighted by Crippen LogP contribution is 2.08. The summed E-state index contributed by atoms with van der Waals surface area (Å²) in [6.45, 7) is 0. The number of hydrogen-bond donors (Lipinski definition) is 0. The minimum absolute atomic E-state index is 0.386. The predicted molar refractivity (Wildman–Crippen MR) is 36.5 cm³/mol. The molecule has 1 atom stereocenters. The van der Waals surface area contributed by atoms with Crippen molar-refractivity contribution in [1.29, 1.82) is 0 Å². The lowest BCUT2D eigenvalue weighted by molar-refractivity contribution is 1.96. The Kier molecular flexibility index (Phi) is 1.47. The normalized spacial score (nSPS) is 27.3. The lowest BCUT2D eigenvalue weighted by atomic mass is 10.5. The van der Waals surface area contributed by atoms with Gasteiger partial charge in [0.15, 0.2) is 0 Å². The van der Waals surface area contributed by atoms with E-state index in [1.54, 1.807) is 0 Å². The van der Waals surface area contributed by atoms with E-state index in [1.165, 1.54) is 0 Å². The zero-order valence-corrected chi connectivity index (χ0v) is 5.03. The van der Waals surface area contributed by atoms with Crippen LogP contribution < -0.4 is 0 Å². The lowest BCUT2D eigenvalue weighted by Crippen LogP contribution is -1.69. The summed E-state index contributed by atoms with van der Waals surface area (Å²) in [4.78, 5) is 0. The van der Waals surface area contributed by atoms with Gasteiger partial charge in [0.1, 0.15) is 0 Å². The molecule has 0 saturated heterocycles. The molecule has 0 aromatic heterocycles. The van der Waals surface area contributed by atoms with Crippen LogP contribution in [0.1, 0.15) is 0 Å². The van der Waals surface area contributed by atoms with Gasteiger partial charge < -0.3 is 0 Å². The maximum atomic E-state index is 2.96. The SMILES string of the molecule is CS1=CC=[C]C=C1. The fourth-order valence-electron chi connectivity index (χ4n) is 0.394. The third kappa shape index (κ3) is 1.32. The summed E-state index contributed by atoms with van der Waals surface area (Å²) in [5.41, 5.74) is 0. The summed E-state index contributed by atoms with van der Waals surface area (Å²) in [6, 6.07) is 0. The van der Waals surface area contributed by atoms with Crippen LogP contribution in [0.5, 0.6) is 0 Å². The van der Waals surface area contributed by atoms with Crippen molar-refractivity contribution in [1.82, 2.24) is 0 Å². The molecule has 0 saturated carbocycles. The number of hydrogen-bond acceptors (Lipinski definition) is 0. The molecular formula is C6H7S. The summed E-state index contributed by atoms with van der Waals surface area (Å²) in [6.07, 6.45) is 9.06.